The number of alkyl halides is 3. The molecule has 0 aliphatic heterocycles. The summed E-state index contributed by atoms with van der Waals surface area (Å²) >= 11 is 0. The van der Waals surface area contributed by atoms with E-state index in [2.05, 4.69) is 0 Å². The molecule has 0 radical (unpaired) electrons. The summed E-state index contributed by atoms with van der Waals surface area (Å²) in [5.41, 5.74) is 0.183. The molecule has 2 aromatic rings. The number of carbonyl (C=O) groups is 1. The van der Waals surface area contributed by atoms with Crippen LogP contribution in [0.1, 0.15) is 30.4 Å². The molecular weight excluding hydrogens is 321 g/mol. The number of methoxy groups -OCH3 is 1. The van der Waals surface area contributed by atoms with Crippen LogP contribution in [0.2, 0.25) is 0 Å². The van der Waals surface area contributed by atoms with Crippen LogP contribution in [0.3, 0.4) is 0 Å². The van der Waals surface area contributed by atoms with Crippen molar-refractivity contribution in [3.05, 3.63) is 53.6 Å². The SMILES string of the molecule is COc1ccc(C(C)CC(=O)O)cc1-c1ccccc1C(F)(F)F. The topological polar surface area (TPSA) is 46.5 Å². The van der Waals surface area contributed by atoms with Crippen LogP contribution >= 0.6 is 0 Å². The summed E-state index contributed by atoms with van der Waals surface area (Å²) in [5.74, 6) is -0.987. The highest BCUT2D eigenvalue weighted by Crippen LogP contribution is 2.41. The number of aliphatic carboxylic acids is 1. The van der Waals surface area contributed by atoms with E-state index < -0.39 is 17.7 Å². The normalized spacial score (nSPS) is 12.7. The van der Waals surface area contributed by atoms with Crippen LogP contribution in [0.5, 0.6) is 5.75 Å². The van der Waals surface area contributed by atoms with Crippen LogP contribution in [-0.4, -0.2) is 18.2 Å². The van der Waals surface area contributed by atoms with Crippen molar-refractivity contribution in [1.29, 1.82) is 0 Å². The molecule has 128 valence electrons. The van der Waals surface area contributed by atoms with Crippen molar-refractivity contribution in [3.8, 4) is 16.9 Å². The Hall–Kier alpha value is -2.50. The summed E-state index contributed by atoms with van der Waals surface area (Å²) in [4.78, 5) is 10.9. The predicted molar refractivity (Wildman–Crippen MR) is 84.1 cm³/mol. The van der Waals surface area contributed by atoms with Crippen LogP contribution < -0.4 is 4.74 Å². The quantitative estimate of drug-likeness (QED) is 0.838. The smallest absolute Gasteiger partial charge is 0.417 e. The second-order valence-corrected chi connectivity index (χ2v) is 5.50. The fourth-order valence-electron chi connectivity index (χ4n) is 2.59. The third-order valence-electron chi connectivity index (χ3n) is 3.80. The monoisotopic (exact) mass is 338 g/mol. The second kappa shape index (κ2) is 6.95. The van der Waals surface area contributed by atoms with Crippen molar-refractivity contribution < 1.29 is 27.8 Å². The van der Waals surface area contributed by atoms with E-state index in [1.807, 2.05) is 0 Å². The molecule has 0 saturated carbocycles. The first-order valence-electron chi connectivity index (χ1n) is 7.30. The number of carboxylic acid groups (broad SMARTS) is 1. The van der Waals surface area contributed by atoms with Crippen LogP contribution in [-0.2, 0) is 11.0 Å². The van der Waals surface area contributed by atoms with E-state index in [1.54, 1.807) is 25.1 Å². The van der Waals surface area contributed by atoms with Gasteiger partial charge in [-0.05, 0) is 35.2 Å². The maximum Gasteiger partial charge on any atom is 0.417 e. The largest absolute Gasteiger partial charge is 0.496 e. The summed E-state index contributed by atoms with van der Waals surface area (Å²) in [6.07, 6.45) is -4.60. The second-order valence-electron chi connectivity index (χ2n) is 5.50. The van der Waals surface area contributed by atoms with E-state index in [0.717, 1.165) is 6.07 Å². The Kier molecular flexibility index (Phi) is 5.17. The van der Waals surface area contributed by atoms with Gasteiger partial charge in [-0.2, -0.15) is 13.2 Å². The molecule has 6 heteroatoms. The summed E-state index contributed by atoms with van der Waals surface area (Å²) in [5, 5.41) is 8.91. The molecule has 1 unspecified atom stereocenters. The minimum absolute atomic E-state index is 0.00576. The van der Waals surface area contributed by atoms with Crippen molar-refractivity contribution in [2.75, 3.05) is 7.11 Å². The van der Waals surface area contributed by atoms with Crippen LogP contribution in [0.15, 0.2) is 42.5 Å². The molecule has 0 fully saturated rings. The van der Waals surface area contributed by atoms with E-state index >= 15 is 0 Å². The average molecular weight is 338 g/mol. The summed E-state index contributed by atoms with van der Waals surface area (Å²) in [6.45, 7) is 1.72. The van der Waals surface area contributed by atoms with E-state index in [9.17, 15) is 18.0 Å². The Balaban J connectivity index is 2.59. The molecule has 2 aromatic carbocycles. The molecule has 0 aliphatic carbocycles. The van der Waals surface area contributed by atoms with Crippen molar-refractivity contribution >= 4 is 5.97 Å². The molecule has 0 spiro atoms. The lowest BCUT2D eigenvalue weighted by molar-refractivity contribution is -0.138. The molecule has 0 aromatic heterocycles. The molecule has 3 nitrogen and oxygen atoms in total. The maximum absolute atomic E-state index is 13.3. The van der Waals surface area contributed by atoms with Crippen LogP contribution in [0, 0.1) is 0 Å². The number of halogens is 3. The van der Waals surface area contributed by atoms with Gasteiger partial charge in [-0.25, -0.2) is 0 Å². The molecule has 1 atom stereocenters. The third kappa shape index (κ3) is 3.88. The molecule has 0 saturated heterocycles. The van der Waals surface area contributed by atoms with E-state index in [1.165, 1.54) is 25.3 Å². The molecule has 0 amide bonds. The number of hydrogen-bond donors (Lipinski definition) is 1. The fourth-order valence-corrected chi connectivity index (χ4v) is 2.59. The zero-order valence-corrected chi connectivity index (χ0v) is 13.2. The van der Waals surface area contributed by atoms with Gasteiger partial charge < -0.3 is 9.84 Å². The number of hydrogen-bond acceptors (Lipinski definition) is 2. The first-order chi connectivity index (χ1) is 11.2. The molecule has 24 heavy (non-hydrogen) atoms. The Bertz CT molecular complexity index is 739. The first kappa shape index (κ1) is 17.8. The Morgan fingerprint density at radius 3 is 2.42 bits per heavy atom. The lowest BCUT2D eigenvalue weighted by Gasteiger charge is -2.18. The molecule has 2 rings (SSSR count). The van der Waals surface area contributed by atoms with E-state index in [0.29, 0.717) is 16.9 Å². The Morgan fingerprint density at radius 2 is 1.83 bits per heavy atom. The van der Waals surface area contributed by atoms with Crippen LogP contribution in [0.25, 0.3) is 11.1 Å². The van der Waals surface area contributed by atoms with Gasteiger partial charge >= 0.3 is 12.1 Å². The van der Waals surface area contributed by atoms with Gasteiger partial charge in [-0.1, -0.05) is 31.2 Å². The van der Waals surface area contributed by atoms with E-state index in [4.69, 9.17) is 9.84 Å². The van der Waals surface area contributed by atoms with Gasteiger partial charge in [-0.3, -0.25) is 4.79 Å². The molecule has 0 bridgehead atoms. The highest BCUT2D eigenvalue weighted by molar-refractivity contribution is 5.75. The standard InChI is InChI=1S/C18H17F3O3/c1-11(9-17(22)23)12-7-8-16(24-2)14(10-12)13-5-3-4-6-15(13)18(19,20)21/h3-8,10-11H,9H2,1-2H3,(H,22,23). The number of carboxylic acids is 1. The van der Waals surface area contributed by atoms with Crippen molar-refractivity contribution in [2.24, 2.45) is 0 Å². The zero-order valence-electron chi connectivity index (χ0n) is 13.2. The molecule has 0 heterocycles. The number of ether oxygens (including phenoxy) is 1. The predicted octanol–water partition coefficient (Wildman–Crippen LogP) is 4.96. The Labute approximate surface area is 137 Å². The minimum Gasteiger partial charge on any atom is -0.496 e. The van der Waals surface area contributed by atoms with Crippen LogP contribution in [0.4, 0.5) is 13.2 Å². The van der Waals surface area contributed by atoms with Gasteiger partial charge in [0.1, 0.15) is 5.75 Å². The van der Waals surface area contributed by atoms with Gasteiger partial charge in [0.15, 0.2) is 0 Å². The highest BCUT2D eigenvalue weighted by atomic mass is 19.4. The van der Waals surface area contributed by atoms with Gasteiger partial charge in [0.05, 0.1) is 19.1 Å². The molecule has 0 aliphatic rings. The van der Waals surface area contributed by atoms with Gasteiger partial charge in [-0.15, -0.1) is 0 Å². The molecular formula is C18H17F3O3. The summed E-state index contributed by atoms with van der Waals surface area (Å²) in [6, 6.07) is 10.1. The number of benzene rings is 2. The lowest BCUT2D eigenvalue weighted by Crippen LogP contribution is -2.08. The van der Waals surface area contributed by atoms with Gasteiger partial charge in [0.25, 0.3) is 0 Å². The van der Waals surface area contributed by atoms with Gasteiger partial charge in [0.2, 0.25) is 0 Å². The Morgan fingerprint density at radius 1 is 1.17 bits per heavy atom. The van der Waals surface area contributed by atoms with Crippen molar-refractivity contribution in [1.82, 2.24) is 0 Å². The van der Waals surface area contributed by atoms with Gasteiger partial charge in [0, 0.05) is 5.56 Å². The molecule has 1 N–H and O–H groups in total. The van der Waals surface area contributed by atoms with Crippen molar-refractivity contribution in [3.63, 3.8) is 0 Å². The fraction of sp³-hybridized carbons (Fsp3) is 0.278. The van der Waals surface area contributed by atoms with E-state index in [-0.39, 0.29) is 17.9 Å². The third-order valence-corrected chi connectivity index (χ3v) is 3.80. The average Bonchev–Trinajstić information content (AvgIpc) is 2.52. The minimum atomic E-state index is -4.50. The highest BCUT2D eigenvalue weighted by Gasteiger charge is 2.34. The summed E-state index contributed by atoms with van der Waals surface area (Å²) in [7, 11) is 1.38. The van der Waals surface area contributed by atoms with Crippen molar-refractivity contribution in [2.45, 2.75) is 25.4 Å². The lowest BCUT2D eigenvalue weighted by atomic mass is 9.91. The summed E-state index contributed by atoms with van der Waals surface area (Å²) < 4.78 is 45.0. The number of rotatable bonds is 5. The maximum atomic E-state index is 13.3. The first-order valence-corrected chi connectivity index (χ1v) is 7.30. The zero-order chi connectivity index (χ0) is 17.9.